The van der Waals surface area contributed by atoms with Crippen LogP contribution < -0.4 is 5.32 Å². The molecule has 1 aromatic heterocycles. The largest absolute Gasteiger partial charge is 0.324 e. The monoisotopic (exact) mass is 388 g/mol. The first-order valence-corrected chi connectivity index (χ1v) is 10.3. The van der Waals surface area contributed by atoms with Gasteiger partial charge in [0.25, 0.3) is 0 Å². The predicted octanol–water partition coefficient (Wildman–Crippen LogP) is 5.83. The molecule has 0 saturated heterocycles. The van der Waals surface area contributed by atoms with Gasteiger partial charge in [0.15, 0.2) is 0 Å². The molecule has 1 N–H and O–H groups in total. The second-order valence-electron chi connectivity index (χ2n) is 7.81. The van der Waals surface area contributed by atoms with E-state index in [2.05, 4.69) is 88.1 Å². The van der Waals surface area contributed by atoms with Crippen LogP contribution in [0.2, 0.25) is 0 Å². The van der Waals surface area contributed by atoms with Gasteiger partial charge >= 0.3 is 0 Å². The third-order valence-corrected chi connectivity index (χ3v) is 5.96. The van der Waals surface area contributed by atoms with Crippen molar-refractivity contribution in [2.24, 2.45) is 4.99 Å². The number of aliphatic imine (C=N–C) groups is 1. The molecule has 1 aliphatic heterocycles. The Morgan fingerprint density at radius 3 is 2.67 bits per heavy atom. The van der Waals surface area contributed by atoms with Gasteiger partial charge in [0.2, 0.25) is 5.95 Å². The van der Waals surface area contributed by atoms with Crippen LogP contribution in [0.5, 0.6) is 0 Å². The van der Waals surface area contributed by atoms with Crippen LogP contribution in [-0.2, 0) is 12.8 Å². The van der Waals surface area contributed by atoms with Crippen molar-refractivity contribution in [1.82, 2.24) is 9.97 Å². The molecule has 1 aliphatic carbocycles. The Morgan fingerprint density at radius 1 is 0.867 bits per heavy atom. The highest BCUT2D eigenvalue weighted by molar-refractivity contribution is 5.78. The van der Waals surface area contributed by atoms with Crippen molar-refractivity contribution >= 4 is 23.5 Å². The summed E-state index contributed by atoms with van der Waals surface area (Å²) in [6, 6.07) is 25.5. The number of nitrogens with one attached hydrogen (secondary N) is 1. The van der Waals surface area contributed by atoms with E-state index in [1.807, 2.05) is 12.4 Å². The smallest absolute Gasteiger partial charge is 0.227 e. The third-order valence-electron chi connectivity index (χ3n) is 5.96. The lowest BCUT2D eigenvalue weighted by molar-refractivity contribution is 0.782. The van der Waals surface area contributed by atoms with Crippen LogP contribution in [-0.4, -0.2) is 16.2 Å². The van der Waals surface area contributed by atoms with Gasteiger partial charge in [0.1, 0.15) is 0 Å². The number of hydrogen-bond acceptors (Lipinski definition) is 4. The van der Waals surface area contributed by atoms with Gasteiger partial charge in [0.05, 0.1) is 11.4 Å². The lowest BCUT2D eigenvalue weighted by Gasteiger charge is -2.27. The molecule has 6 rings (SSSR count). The van der Waals surface area contributed by atoms with Gasteiger partial charge in [0, 0.05) is 36.0 Å². The van der Waals surface area contributed by atoms with Gasteiger partial charge in [-0.05, 0) is 40.8 Å². The van der Waals surface area contributed by atoms with Crippen LogP contribution >= 0.6 is 0 Å². The molecule has 2 aliphatic rings. The molecule has 0 spiro atoms. The molecule has 144 valence electrons. The number of benzene rings is 3. The van der Waals surface area contributed by atoms with E-state index in [9.17, 15) is 0 Å². The maximum atomic E-state index is 4.91. The van der Waals surface area contributed by atoms with E-state index in [-0.39, 0.29) is 0 Å². The zero-order chi connectivity index (χ0) is 19.9. The minimum Gasteiger partial charge on any atom is -0.324 e. The first-order valence-electron chi connectivity index (χ1n) is 10.3. The van der Waals surface area contributed by atoms with Gasteiger partial charge in [-0.15, -0.1) is 0 Å². The third kappa shape index (κ3) is 2.89. The molecule has 4 heteroatoms. The molecule has 4 nitrogen and oxygen atoms in total. The van der Waals surface area contributed by atoms with Gasteiger partial charge in [-0.3, -0.25) is 4.99 Å². The van der Waals surface area contributed by atoms with Gasteiger partial charge < -0.3 is 5.32 Å². The van der Waals surface area contributed by atoms with E-state index in [1.54, 1.807) is 0 Å². The van der Waals surface area contributed by atoms with E-state index in [4.69, 9.17) is 4.98 Å². The van der Waals surface area contributed by atoms with Crippen molar-refractivity contribution < 1.29 is 0 Å². The summed E-state index contributed by atoms with van der Waals surface area (Å²) in [7, 11) is 0. The molecular formula is C26H20N4. The molecule has 2 heterocycles. The highest BCUT2D eigenvalue weighted by Gasteiger charge is 2.27. The summed E-state index contributed by atoms with van der Waals surface area (Å²) in [4.78, 5) is 14.0. The SMILES string of the molecule is C1=Nc2cc(Nc3ncc4c(n3)-c3ccccc3C(c3ccccc3)C4)ccc2C1. The molecule has 30 heavy (non-hydrogen) atoms. The number of nitrogens with zero attached hydrogens (tertiary/aromatic N) is 3. The molecule has 0 saturated carbocycles. The highest BCUT2D eigenvalue weighted by atomic mass is 15.1. The van der Waals surface area contributed by atoms with Gasteiger partial charge in [-0.1, -0.05) is 60.7 Å². The van der Waals surface area contributed by atoms with Crippen molar-refractivity contribution in [2.75, 3.05) is 5.32 Å². The normalized spacial score (nSPS) is 15.9. The van der Waals surface area contributed by atoms with Crippen molar-refractivity contribution in [1.29, 1.82) is 0 Å². The summed E-state index contributed by atoms with van der Waals surface area (Å²) in [5.41, 5.74) is 9.29. The second-order valence-corrected chi connectivity index (χ2v) is 7.81. The lowest BCUT2D eigenvalue weighted by Crippen LogP contribution is -2.14. The fourth-order valence-corrected chi connectivity index (χ4v) is 4.48. The van der Waals surface area contributed by atoms with Crippen LogP contribution in [0, 0.1) is 0 Å². The maximum absolute atomic E-state index is 4.91. The first-order chi connectivity index (χ1) is 14.8. The number of rotatable bonds is 3. The highest BCUT2D eigenvalue weighted by Crippen LogP contribution is 2.42. The van der Waals surface area contributed by atoms with Crippen molar-refractivity contribution in [3.8, 4) is 11.3 Å². The number of fused-ring (bicyclic) bond motifs is 4. The Kier molecular flexibility index (Phi) is 3.94. The van der Waals surface area contributed by atoms with Crippen molar-refractivity contribution in [3.05, 3.63) is 101 Å². The number of hydrogen-bond donors (Lipinski definition) is 1. The van der Waals surface area contributed by atoms with E-state index >= 15 is 0 Å². The Hall–Kier alpha value is -3.79. The molecule has 3 aromatic carbocycles. The van der Waals surface area contributed by atoms with E-state index in [0.29, 0.717) is 11.9 Å². The topological polar surface area (TPSA) is 50.2 Å². The molecule has 1 unspecified atom stereocenters. The maximum Gasteiger partial charge on any atom is 0.227 e. The lowest BCUT2D eigenvalue weighted by atomic mass is 9.78. The van der Waals surface area contributed by atoms with Crippen LogP contribution in [0.25, 0.3) is 11.3 Å². The minimum absolute atomic E-state index is 0.326. The molecule has 4 aromatic rings. The van der Waals surface area contributed by atoms with Crippen LogP contribution in [0.3, 0.4) is 0 Å². The Balaban J connectivity index is 1.38. The summed E-state index contributed by atoms with van der Waals surface area (Å²) in [5, 5.41) is 3.36. The first kappa shape index (κ1) is 17.1. The summed E-state index contributed by atoms with van der Waals surface area (Å²) in [6.45, 7) is 0. The zero-order valence-corrected chi connectivity index (χ0v) is 16.4. The second kappa shape index (κ2) is 6.92. The van der Waals surface area contributed by atoms with Crippen molar-refractivity contribution in [3.63, 3.8) is 0 Å². The summed E-state index contributed by atoms with van der Waals surface area (Å²) < 4.78 is 0. The molecule has 0 bridgehead atoms. The predicted molar refractivity (Wildman–Crippen MR) is 121 cm³/mol. The Morgan fingerprint density at radius 2 is 1.73 bits per heavy atom. The zero-order valence-electron chi connectivity index (χ0n) is 16.4. The average molecular weight is 388 g/mol. The Labute approximate surface area is 175 Å². The standard InChI is InChI=1S/C26H20N4/c1-2-6-17(7-3-1)23-14-19-16-28-26(30-25(19)22-9-5-4-8-21(22)23)29-20-11-10-18-12-13-27-24(18)15-20/h1-11,13,15-16,23H,12,14H2,(H,28,29,30). The number of aromatic nitrogens is 2. The fourth-order valence-electron chi connectivity index (χ4n) is 4.48. The van der Waals surface area contributed by atoms with E-state index < -0.39 is 0 Å². The summed E-state index contributed by atoms with van der Waals surface area (Å²) in [5.74, 6) is 0.940. The molecular weight excluding hydrogens is 368 g/mol. The molecule has 0 radical (unpaired) electrons. The van der Waals surface area contributed by atoms with E-state index in [0.717, 1.165) is 29.9 Å². The fraction of sp³-hybridized carbons (Fsp3) is 0.115. The molecule has 0 fully saturated rings. The molecule has 0 amide bonds. The van der Waals surface area contributed by atoms with Gasteiger partial charge in [-0.25, -0.2) is 9.97 Å². The molecule has 1 atom stereocenters. The van der Waals surface area contributed by atoms with Crippen molar-refractivity contribution in [2.45, 2.75) is 18.8 Å². The van der Waals surface area contributed by atoms with Crippen LogP contribution in [0.4, 0.5) is 17.3 Å². The average Bonchev–Trinajstić information content (AvgIpc) is 3.27. The quantitative estimate of drug-likeness (QED) is 0.480. The number of anilines is 2. The van der Waals surface area contributed by atoms with Gasteiger partial charge in [-0.2, -0.15) is 0 Å². The minimum atomic E-state index is 0.326. The van der Waals surface area contributed by atoms with Crippen LogP contribution in [0.1, 0.15) is 28.2 Å². The van der Waals surface area contributed by atoms with E-state index in [1.165, 1.54) is 27.8 Å². The summed E-state index contributed by atoms with van der Waals surface area (Å²) in [6.07, 6.45) is 5.74. The summed E-state index contributed by atoms with van der Waals surface area (Å²) >= 11 is 0. The van der Waals surface area contributed by atoms with Crippen LogP contribution in [0.15, 0.2) is 84.0 Å². The Bertz CT molecular complexity index is 1280.